The van der Waals surface area contributed by atoms with Gasteiger partial charge in [-0.1, -0.05) is 23.8 Å². The van der Waals surface area contributed by atoms with Gasteiger partial charge in [0.15, 0.2) is 0 Å². The lowest BCUT2D eigenvalue weighted by molar-refractivity contribution is -0.120. The van der Waals surface area contributed by atoms with E-state index in [1.54, 1.807) is 13.2 Å². The molecule has 0 radical (unpaired) electrons. The van der Waals surface area contributed by atoms with Crippen LogP contribution in [0.3, 0.4) is 0 Å². The zero-order valence-electron chi connectivity index (χ0n) is 15.8. The fraction of sp³-hybridized carbons (Fsp3) is 0.333. The number of hydrogen-bond acceptors (Lipinski definition) is 3. The molecule has 2 rings (SSSR count). The van der Waals surface area contributed by atoms with Gasteiger partial charge in [0.2, 0.25) is 5.91 Å². The molecule has 0 aliphatic rings. The van der Waals surface area contributed by atoms with Crippen LogP contribution in [0.15, 0.2) is 36.4 Å². The average molecular weight is 354 g/mol. The molecule has 0 saturated carbocycles. The summed E-state index contributed by atoms with van der Waals surface area (Å²) in [6, 6.07) is 11.5. The van der Waals surface area contributed by atoms with Gasteiger partial charge in [-0.2, -0.15) is 0 Å². The topological polar surface area (TPSA) is 67.4 Å². The van der Waals surface area contributed by atoms with E-state index in [0.717, 1.165) is 28.0 Å². The summed E-state index contributed by atoms with van der Waals surface area (Å²) in [7, 11) is 1.63. The van der Waals surface area contributed by atoms with Crippen molar-refractivity contribution >= 4 is 11.8 Å². The van der Waals surface area contributed by atoms with Gasteiger partial charge < -0.3 is 15.4 Å². The minimum atomic E-state index is -0.247. The van der Waals surface area contributed by atoms with Crippen LogP contribution in [0.1, 0.15) is 32.6 Å². The summed E-state index contributed by atoms with van der Waals surface area (Å²) in [5.74, 6) is 0.352. The Labute approximate surface area is 154 Å². The number of amides is 2. The molecule has 0 aromatic heterocycles. The molecule has 5 heteroatoms. The van der Waals surface area contributed by atoms with Gasteiger partial charge in [-0.15, -0.1) is 0 Å². The predicted molar refractivity (Wildman–Crippen MR) is 103 cm³/mol. The van der Waals surface area contributed by atoms with Crippen molar-refractivity contribution in [2.75, 3.05) is 20.2 Å². The molecule has 2 aromatic rings. The van der Waals surface area contributed by atoms with Crippen molar-refractivity contribution in [2.45, 2.75) is 27.2 Å². The van der Waals surface area contributed by atoms with E-state index in [1.807, 2.05) is 51.1 Å². The number of aryl methyl sites for hydroxylation is 3. The van der Waals surface area contributed by atoms with Crippen LogP contribution >= 0.6 is 0 Å². The summed E-state index contributed by atoms with van der Waals surface area (Å²) in [4.78, 5) is 24.1. The SMILES string of the molecule is COc1ccc(C)cc1CCNC(=O)CNC(=O)c1ccc(C)c(C)c1. The Bertz CT molecular complexity index is 800. The van der Waals surface area contributed by atoms with Crippen molar-refractivity contribution in [3.63, 3.8) is 0 Å². The van der Waals surface area contributed by atoms with Gasteiger partial charge in [0.05, 0.1) is 13.7 Å². The Morgan fingerprint density at radius 2 is 1.73 bits per heavy atom. The van der Waals surface area contributed by atoms with Crippen LogP contribution in [0.2, 0.25) is 0 Å². The molecule has 0 heterocycles. The molecule has 0 bridgehead atoms. The molecule has 2 aromatic carbocycles. The molecule has 5 nitrogen and oxygen atoms in total. The van der Waals surface area contributed by atoms with Crippen molar-refractivity contribution in [3.8, 4) is 5.75 Å². The molecule has 0 fully saturated rings. The van der Waals surface area contributed by atoms with E-state index in [-0.39, 0.29) is 18.4 Å². The van der Waals surface area contributed by atoms with E-state index >= 15 is 0 Å². The first-order chi connectivity index (χ1) is 12.4. The minimum Gasteiger partial charge on any atom is -0.496 e. The molecule has 0 aliphatic carbocycles. The van der Waals surface area contributed by atoms with Gasteiger partial charge in [0.1, 0.15) is 5.75 Å². The Morgan fingerprint density at radius 3 is 2.42 bits per heavy atom. The van der Waals surface area contributed by atoms with Gasteiger partial charge in [0.25, 0.3) is 5.91 Å². The van der Waals surface area contributed by atoms with E-state index in [9.17, 15) is 9.59 Å². The number of rotatable bonds is 7. The van der Waals surface area contributed by atoms with Crippen LogP contribution in [0.5, 0.6) is 5.75 Å². The highest BCUT2D eigenvalue weighted by Crippen LogP contribution is 2.19. The maximum absolute atomic E-state index is 12.1. The average Bonchev–Trinajstić information content (AvgIpc) is 2.62. The summed E-state index contributed by atoms with van der Waals surface area (Å²) in [5, 5.41) is 5.47. The number of carbonyl (C=O) groups is 2. The number of carbonyl (C=O) groups excluding carboxylic acids is 2. The first-order valence-corrected chi connectivity index (χ1v) is 8.66. The molecule has 0 atom stereocenters. The van der Waals surface area contributed by atoms with Crippen molar-refractivity contribution in [2.24, 2.45) is 0 Å². The second-order valence-electron chi connectivity index (χ2n) is 6.40. The lowest BCUT2D eigenvalue weighted by Gasteiger charge is -2.11. The standard InChI is InChI=1S/C21H26N2O3/c1-14-5-8-19(26-4)17(11-14)9-10-22-20(24)13-23-21(25)18-7-6-15(2)16(3)12-18/h5-8,11-12H,9-10,13H2,1-4H3,(H,22,24)(H,23,25). The first kappa shape index (κ1) is 19.5. The Morgan fingerprint density at radius 1 is 0.962 bits per heavy atom. The largest absolute Gasteiger partial charge is 0.496 e. The monoisotopic (exact) mass is 354 g/mol. The molecular weight excluding hydrogens is 328 g/mol. The summed E-state index contributed by atoms with van der Waals surface area (Å²) < 4.78 is 5.33. The van der Waals surface area contributed by atoms with E-state index in [0.29, 0.717) is 18.5 Å². The van der Waals surface area contributed by atoms with Crippen molar-refractivity contribution in [3.05, 3.63) is 64.2 Å². The highest BCUT2D eigenvalue weighted by atomic mass is 16.5. The summed E-state index contributed by atoms with van der Waals surface area (Å²) in [6.45, 7) is 6.41. The molecule has 138 valence electrons. The molecule has 26 heavy (non-hydrogen) atoms. The van der Waals surface area contributed by atoms with Crippen LogP contribution in [-0.4, -0.2) is 32.0 Å². The normalized spacial score (nSPS) is 10.3. The molecule has 0 aliphatic heterocycles. The third-order valence-corrected chi connectivity index (χ3v) is 4.33. The lowest BCUT2D eigenvalue weighted by atomic mass is 10.1. The third-order valence-electron chi connectivity index (χ3n) is 4.33. The summed E-state index contributed by atoms with van der Waals surface area (Å²) >= 11 is 0. The number of benzene rings is 2. The molecule has 0 unspecified atom stereocenters. The van der Waals surface area contributed by atoms with Gasteiger partial charge >= 0.3 is 0 Å². The number of nitrogens with one attached hydrogen (secondary N) is 2. The maximum Gasteiger partial charge on any atom is 0.251 e. The third kappa shape index (κ3) is 5.34. The van der Waals surface area contributed by atoms with Crippen LogP contribution in [0.25, 0.3) is 0 Å². The molecular formula is C21H26N2O3. The van der Waals surface area contributed by atoms with E-state index in [2.05, 4.69) is 10.6 Å². The van der Waals surface area contributed by atoms with Gasteiger partial charge in [0, 0.05) is 12.1 Å². The second kappa shape index (κ2) is 9.04. The van der Waals surface area contributed by atoms with Gasteiger partial charge in [-0.3, -0.25) is 9.59 Å². The smallest absolute Gasteiger partial charge is 0.251 e. The second-order valence-corrected chi connectivity index (χ2v) is 6.40. The lowest BCUT2D eigenvalue weighted by Crippen LogP contribution is -2.37. The number of hydrogen-bond donors (Lipinski definition) is 2. The maximum atomic E-state index is 12.1. The Hall–Kier alpha value is -2.82. The van der Waals surface area contributed by atoms with Crippen molar-refractivity contribution in [1.29, 1.82) is 0 Å². The van der Waals surface area contributed by atoms with Gasteiger partial charge in [-0.05, 0) is 62.1 Å². The number of methoxy groups -OCH3 is 1. The predicted octanol–water partition coefficient (Wildman–Crippen LogP) is 2.71. The minimum absolute atomic E-state index is 0.0449. The Balaban J connectivity index is 1.79. The highest BCUT2D eigenvalue weighted by molar-refractivity contribution is 5.96. The zero-order valence-corrected chi connectivity index (χ0v) is 15.8. The van der Waals surface area contributed by atoms with Crippen molar-refractivity contribution in [1.82, 2.24) is 10.6 Å². The number of ether oxygens (including phenoxy) is 1. The summed E-state index contributed by atoms with van der Waals surface area (Å²) in [5.41, 5.74) is 4.94. The van der Waals surface area contributed by atoms with Crippen LogP contribution in [0.4, 0.5) is 0 Å². The first-order valence-electron chi connectivity index (χ1n) is 8.66. The fourth-order valence-electron chi connectivity index (χ4n) is 2.65. The van der Waals surface area contributed by atoms with Crippen LogP contribution < -0.4 is 15.4 Å². The molecule has 0 spiro atoms. The molecule has 2 N–H and O–H groups in total. The van der Waals surface area contributed by atoms with Gasteiger partial charge in [-0.25, -0.2) is 0 Å². The van der Waals surface area contributed by atoms with E-state index in [4.69, 9.17) is 4.74 Å². The van der Waals surface area contributed by atoms with Crippen molar-refractivity contribution < 1.29 is 14.3 Å². The quantitative estimate of drug-likeness (QED) is 0.803. The van der Waals surface area contributed by atoms with Crippen LogP contribution in [0, 0.1) is 20.8 Å². The highest BCUT2D eigenvalue weighted by Gasteiger charge is 2.09. The summed E-state index contributed by atoms with van der Waals surface area (Å²) in [6.07, 6.45) is 0.668. The zero-order chi connectivity index (χ0) is 19.1. The molecule has 2 amide bonds. The van der Waals surface area contributed by atoms with E-state index < -0.39 is 0 Å². The fourth-order valence-corrected chi connectivity index (χ4v) is 2.65. The molecule has 0 saturated heterocycles. The van der Waals surface area contributed by atoms with Crippen LogP contribution in [-0.2, 0) is 11.2 Å². The van der Waals surface area contributed by atoms with E-state index in [1.165, 1.54) is 0 Å². The Kier molecular flexibility index (Phi) is 6.78.